The molecule has 6 heteroatoms. The van der Waals surface area contributed by atoms with Gasteiger partial charge in [0.1, 0.15) is 12.2 Å². The van der Waals surface area contributed by atoms with Gasteiger partial charge in [-0.2, -0.15) is 0 Å². The van der Waals surface area contributed by atoms with Crippen LogP contribution in [0.1, 0.15) is 6.92 Å². The van der Waals surface area contributed by atoms with Crippen molar-refractivity contribution in [2.75, 3.05) is 31.7 Å². The van der Waals surface area contributed by atoms with E-state index in [2.05, 4.69) is 9.97 Å². The number of hydrogen-bond donors (Lipinski definition) is 0. The highest BCUT2D eigenvalue weighted by atomic mass is 35.5. The van der Waals surface area contributed by atoms with Gasteiger partial charge >= 0.3 is 0 Å². The Morgan fingerprint density at radius 3 is 2.71 bits per heavy atom. The van der Waals surface area contributed by atoms with Crippen LogP contribution in [0.15, 0.2) is 12.4 Å². The van der Waals surface area contributed by atoms with Crippen molar-refractivity contribution in [3.63, 3.8) is 0 Å². The molecule has 2 atom stereocenters. The molecule has 1 aliphatic heterocycles. The van der Waals surface area contributed by atoms with E-state index in [9.17, 15) is 0 Å². The third kappa shape index (κ3) is 2.68. The second-order valence-electron chi connectivity index (χ2n) is 3.84. The van der Waals surface area contributed by atoms with Gasteiger partial charge in [0, 0.05) is 39.2 Å². The molecule has 0 bridgehead atoms. The number of ether oxygens (including phenoxy) is 2. The summed E-state index contributed by atoms with van der Waals surface area (Å²) in [5.41, 5.74) is 0. The summed E-state index contributed by atoms with van der Waals surface area (Å²) in [6.45, 7) is 4.10. The molecule has 0 amide bonds. The molecule has 0 spiro atoms. The van der Waals surface area contributed by atoms with Crippen LogP contribution in [0.25, 0.3) is 0 Å². The van der Waals surface area contributed by atoms with Crippen molar-refractivity contribution in [3.8, 4) is 0 Å². The summed E-state index contributed by atoms with van der Waals surface area (Å²) in [7, 11) is 1.69. The second kappa shape index (κ2) is 5.62. The summed E-state index contributed by atoms with van der Waals surface area (Å²) < 4.78 is 11.0. The van der Waals surface area contributed by atoms with E-state index in [0.29, 0.717) is 17.6 Å². The monoisotopic (exact) mass is 257 g/mol. The molecule has 0 radical (unpaired) electrons. The maximum Gasteiger partial charge on any atom is 0.171 e. The van der Waals surface area contributed by atoms with Gasteiger partial charge < -0.3 is 14.4 Å². The maximum absolute atomic E-state index is 6.02. The van der Waals surface area contributed by atoms with Gasteiger partial charge in [-0.15, -0.1) is 0 Å². The number of halogens is 1. The molecule has 94 valence electrons. The first-order chi connectivity index (χ1) is 8.26. The highest BCUT2D eigenvalue weighted by Crippen LogP contribution is 2.26. The van der Waals surface area contributed by atoms with Crippen molar-refractivity contribution in [2.45, 2.75) is 19.1 Å². The van der Waals surface area contributed by atoms with Gasteiger partial charge in [0.2, 0.25) is 0 Å². The first kappa shape index (κ1) is 12.5. The fourth-order valence-electron chi connectivity index (χ4n) is 2.04. The van der Waals surface area contributed by atoms with E-state index in [0.717, 1.165) is 13.1 Å². The topological polar surface area (TPSA) is 47.5 Å². The van der Waals surface area contributed by atoms with Crippen LogP contribution < -0.4 is 4.90 Å². The minimum Gasteiger partial charge on any atom is -0.377 e. The summed E-state index contributed by atoms with van der Waals surface area (Å²) in [5.74, 6) is 0.693. The van der Waals surface area contributed by atoms with Crippen LogP contribution >= 0.6 is 11.6 Å². The van der Waals surface area contributed by atoms with Crippen LogP contribution in [-0.4, -0.2) is 49.0 Å². The number of hydrogen-bond acceptors (Lipinski definition) is 5. The molecule has 0 aliphatic carbocycles. The Morgan fingerprint density at radius 1 is 1.35 bits per heavy atom. The first-order valence-electron chi connectivity index (χ1n) is 5.62. The Balaban J connectivity index is 2.12. The maximum atomic E-state index is 6.02. The Labute approximate surface area is 106 Å². The summed E-state index contributed by atoms with van der Waals surface area (Å²) in [4.78, 5) is 10.3. The molecule has 1 aromatic heterocycles. The normalized spacial score (nSPS) is 24.3. The second-order valence-corrected chi connectivity index (χ2v) is 4.20. The third-order valence-corrected chi connectivity index (χ3v) is 3.10. The first-order valence-corrected chi connectivity index (χ1v) is 6.00. The molecule has 17 heavy (non-hydrogen) atoms. The van der Waals surface area contributed by atoms with Crippen molar-refractivity contribution in [2.24, 2.45) is 0 Å². The summed E-state index contributed by atoms with van der Waals surface area (Å²) in [5, 5.41) is 0.416. The lowest BCUT2D eigenvalue weighted by Crippen LogP contribution is -2.28. The predicted molar refractivity (Wildman–Crippen MR) is 65.5 cm³/mol. The lowest BCUT2D eigenvalue weighted by atomic mass is 10.2. The number of anilines is 1. The highest BCUT2D eigenvalue weighted by Gasteiger charge is 2.35. The van der Waals surface area contributed by atoms with Gasteiger partial charge in [-0.1, -0.05) is 11.6 Å². The van der Waals surface area contributed by atoms with Gasteiger partial charge in [0.05, 0.1) is 0 Å². The molecule has 1 fully saturated rings. The molecule has 2 heterocycles. The Morgan fingerprint density at radius 2 is 2.06 bits per heavy atom. The minimum absolute atomic E-state index is 0.0491. The van der Waals surface area contributed by atoms with Crippen LogP contribution in [0.5, 0.6) is 0 Å². The van der Waals surface area contributed by atoms with Crippen molar-refractivity contribution in [1.29, 1.82) is 0 Å². The molecule has 0 unspecified atom stereocenters. The van der Waals surface area contributed by atoms with Gasteiger partial charge in [-0.05, 0) is 6.92 Å². The predicted octanol–water partition coefficient (Wildman–Crippen LogP) is 1.37. The summed E-state index contributed by atoms with van der Waals surface area (Å²) >= 11 is 6.02. The molecular formula is C11H16ClN3O2. The van der Waals surface area contributed by atoms with Crippen LogP contribution in [0.3, 0.4) is 0 Å². The van der Waals surface area contributed by atoms with Gasteiger partial charge in [0.15, 0.2) is 11.0 Å². The molecule has 0 aromatic carbocycles. The van der Waals surface area contributed by atoms with Gasteiger partial charge in [0.25, 0.3) is 0 Å². The Hall–Kier alpha value is -0.910. The molecule has 0 N–H and O–H groups in total. The van der Waals surface area contributed by atoms with Crippen molar-refractivity contribution >= 4 is 17.4 Å². The van der Waals surface area contributed by atoms with Crippen molar-refractivity contribution in [1.82, 2.24) is 9.97 Å². The van der Waals surface area contributed by atoms with Crippen molar-refractivity contribution < 1.29 is 9.47 Å². The largest absolute Gasteiger partial charge is 0.377 e. The number of rotatable bonds is 4. The molecule has 1 aromatic rings. The highest BCUT2D eigenvalue weighted by molar-refractivity contribution is 6.31. The standard InChI is InChI=1S/C11H16ClN3O2/c1-3-17-9-7-15(6-8(9)16-2)11-10(12)13-4-5-14-11/h4-5,8-9H,3,6-7H2,1-2H3/t8-,9-/m1/s1. The number of methoxy groups -OCH3 is 1. The van der Waals surface area contributed by atoms with E-state index in [1.807, 2.05) is 11.8 Å². The van der Waals surface area contributed by atoms with Gasteiger partial charge in [-0.25, -0.2) is 9.97 Å². The van der Waals surface area contributed by atoms with Crippen LogP contribution in [0.4, 0.5) is 5.82 Å². The van der Waals surface area contributed by atoms with Crippen molar-refractivity contribution in [3.05, 3.63) is 17.5 Å². The van der Waals surface area contributed by atoms with Crippen LogP contribution in [0, 0.1) is 0 Å². The zero-order valence-electron chi connectivity index (χ0n) is 9.97. The van der Waals surface area contributed by atoms with Gasteiger partial charge in [-0.3, -0.25) is 0 Å². The van der Waals surface area contributed by atoms with E-state index < -0.39 is 0 Å². The summed E-state index contributed by atoms with van der Waals surface area (Å²) in [6.07, 6.45) is 3.32. The van der Waals surface area contributed by atoms with E-state index in [4.69, 9.17) is 21.1 Å². The Bertz CT molecular complexity index is 377. The number of nitrogens with zero attached hydrogens (tertiary/aromatic N) is 3. The lowest BCUT2D eigenvalue weighted by molar-refractivity contribution is -0.0232. The SMILES string of the molecule is CCO[C@@H]1CN(c2nccnc2Cl)C[C@H]1OC. The molecule has 5 nitrogen and oxygen atoms in total. The van der Waals surface area contributed by atoms with E-state index >= 15 is 0 Å². The fraction of sp³-hybridized carbons (Fsp3) is 0.636. The summed E-state index contributed by atoms with van der Waals surface area (Å²) in [6, 6.07) is 0. The van der Waals surface area contributed by atoms with E-state index in [1.54, 1.807) is 19.5 Å². The number of aromatic nitrogens is 2. The zero-order chi connectivity index (χ0) is 12.3. The fourth-order valence-corrected chi connectivity index (χ4v) is 2.27. The average molecular weight is 258 g/mol. The van der Waals surface area contributed by atoms with E-state index in [-0.39, 0.29) is 12.2 Å². The Kier molecular flexibility index (Phi) is 4.15. The minimum atomic E-state index is 0.0491. The quantitative estimate of drug-likeness (QED) is 0.815. The third-order valence-electron chi connectivity index (χ3n) is 2.83. The lowest BCUT2D eigenvalue weighted by Gasteiger charge is -2.17. The zero-order valence-corrected chi connectivity index (χ0v) is 10.7. The van der Waals surface area contributed by atoms with Crippen LogP contribution in [-0.2, 0) is 9.47 Å². The molecular weight excluding hydrogens is 242 g/mol. The molecule has 2 rings (SSSR count). The van der Waals surface area contributed by atoms with E-state index in [1.165, 1.54) is 0 Å². The van der Waals surface area contributed by atoms with Crippen LogP contribution in [0.2, 0.25) is 5.15 Å². The smallest absolute Gasteiger partial charge is 0.171 e. The molecule has 0 saturated carbocycles. The average Bonchev–Trinajstić information content (AvgIpc) is 2.73. The molecule has 1 aliphatic rings. The molecule has 1 saturated heterocycles.